The number of ether oxygens (including phenoxy) is 1. The van der Waals surface area contributed by atoms with Gasteiger partial charge in [0, 0.05) is 36.9 Å². The van der Waals surface area contributed by atoms with Crippen LogP contribution in [0.5, 0.6) is 0 Å². The van der Waals surface area contributed by atoms with Crippen LogP contribution in [0.15, 0.2) is 41.3 Å². The molecule has 0 spiro atoms. The van der Waals surface area contributed by atoms with E-state index >= 15 is 0 Å². The number of nitrogens with one attached hydrogen (secondary N) is 2. The molecule has 3 aromatic rings. The summed E-state index contributed by atoms with van der Waals surface area (Å²) < 4.78 is 32.9. The summed E-state index contributed by atoms with van der Waals surface area (Å²) in [5, 5.41) is 4.07. The Labute approximate surface area is 198 Å². The van der Waals surface area contributed by atoms with Gasteiger partial charge in [-0.15, -0.1) is 0 Å². The summed E-state index contributed by atoms with van der Waals surface area (Å²) in [6, 6.07) is 10.7. The van der Waals surface area contributed by atoms with E-state index in [0.29, 0.717) is 29.4 Å². The molecule has 0 radical (unpaired) electrons. The van der Waals surface area contributed by atoms with Gasteiger partial charge in [0.2, 0.25) is 15.9 Å². The number of nitrogens with zero attached hydrogens (tertiary/aromatic N) is 2. The Balaban J connectivity index is 1.48. The van der Waals surface area contributed by atoms with Gasteiger partial charge in [0.25, 0.3) is 0 Å². The molecule has 0 atom stereocenters. The minimum absolute atomic E-state index is 0.152. The van der Waals surface area contributed by atoms with Gasteiger partial charge in [0.05, 0.1) is 36.0 Å². The smallest absolute Gasteiger partial charge is 0.245 e. The van der Waals surface area contributed by atoms with Gasteiger partial charge >= 0.3 is 0 Å². The Morgan fingerprint density at radius 1 is 1.18 bits per heavy atom. The van der Waals surface area contributed by atoms with Crippen molar-refractivity contribution in [1.82, 2.24) is 9.29 Å². The Kier molecular flexibility index (Phi) is 6.67. The minimum atomic E-state index is -3.89. The normalized spacial score (nSPS) is 14.8. The second-order valence-corrected chi connectivity index (χ2v) is 10.7. The maximum absolute atomic E-state index is 13.3. The second-order valence-electron chi connectivity index (χ2n) is 8.25. The molecule has 1 aliphatic rings. The predicted octanol–water partition coefficient (Wildman–Crippen LogP) is 3.53. The standard InChI is InChI=1S/C23H27ClN4O4S/c1-15-10-17-12-16(2)25-23(17)21(11-15)33(30,31)27(3)14-22(29)26-18-4-5-20(19(24)13-18)28-6-8-32-9-7-28/h4-5,10-13,25H,6-9,14H2,1-3H3,(H,26,29). The molecular formula is C23H27ClN4O4S. The van der Waals surface area contributed by atoms with E-state index in [1.807, 2.05) is 32.0 Å². The molecular weight excluding hydrogens is 464 g/mol. The number of aromatic amines is 1. The lowest BCUT2D eigenvalue weighted by atomic mass is 10.2. The quantitative estimate of drug-likeness (QED) is 0.551. The molecule has 10 heteroatoms. The van der Waals surface area contributed by atoms with Crippen molar-refractivity contribution >= 4 is 49.8 Å². The number of amides is 1. The number of benzene rings is 2. The van der Waals surface area contributed by atoms with Crippen molar-refractivity contribution in [2.45, 2.75) is 18.7 Å². The molecule has 1 saturated heterocycles. The van der Waals surface area contributed by atoms with E-state index in [1.165, 1.54) is 7.05 Å². The van der Waals surface area contributed by atoms with Gasteiger partial charge < -0.3 is 19.9 Å². The number of sulfonamides is 1. The van der Waals surface area contributed by atoms with Crippen LogP contribution in [0.25, 0.3) is 10.9 Å². The highest BCUT2D eigenvalue weighted by Gasteiger charge is 2.26. The highest BCUT2D eigenvalue weighted by molar-refractivity contribution is 7.89. The molecule has 1 fully saturated rings. The lowest BCUT2D eigenvalue weighted by Crippen LogP contribution is -2.36. The van der Waals surface area contributed by atoms with Crippen molar-refractivity contribution in [2.75, 3.05) is 50.1 Å². The van der Waals surface area contributed by atoms with E-state index in [0.717, 1.165) is 39.7 Å². The average Bonchev–Trinajstić information content (AvgIpc) is 3.13. The van der Waals surface area contributed by atoms with Gasteiger partial charge in [-0.25, -0.2) is 8.42 Å². The fraction of sp³-hybridized carbons (Fsp3) is 0.348. The molecule has 4 rings (SSSR count). The van der Waals surface area contributed by atoms with E-state index in [-0.39, 0.29) is 11.4 Å². The Bertz CT molecular complexity index is 1300. The van der Waals surface area contributed by atoms with Crippen LogP contribution in [0.3, 0.4) is 0 Å². The first-order chi connectivity index (χ1) is 15.6. The second kappa shape index (κ2) is 9.34. The molecule has 0 saturated carbocycles. The van der Waals surface area contributed by atoms with E-state index in [9.17, 15) is 13.2 Å². The SMILES string of the molecule is Cc1cc(S(=O)(=O)N(C)CC(=O)Nc2ccc(N3CCOCC3)c(Cl)c2)c2[nH]c(C)cc2c1. The first kappa shape index (κ1) is 23.6. The minimum Gasteiger partial charge on any atom is -0.378 e. The zero-order valence-corrected chi connectivity index (χ0v) is 20.4. The molecule has 1 amide bonds. The first-order valence-corrected chi connectivity index (χ1v) is 12.5. The van der Waals surface area contributed by atoms with Crippen LogP contribution in [-0.2, 0) is 19.6 Å². The van der Waals surface area contributed by atoms with Crippen LogP contribution >= 0.6 is 11.6 Å². The van der Waals surface area contributed by atoms with Crippen LogP contribution in [-0.4, -0.2) is 63.5 Å². The average molecular weight is 491 g/mol. The molecule has 0 unspecified atom stereocenters. The van der Waals surface area contributed by atoms with Crippen molar-refractivity contribution in [2.24, 2.45) is 0 Å². The number of anilines is 2. The summed E-state index contributed by atoms with van der Waals surface area (Å²) >= 11 is 6.43. The number of H-pyrrole nitrogens is 1. The molecule has 2 N–H and O–H groups in total. The third-order valence-electron chi connectivity index (χ3n) is 5.61. The zero-order valence-electron chi connectivity index (χ0n) is 18.8. The zero-order chi connectivity index (χ0) is 23.8. The maximum atomic E-state index is 13.3. The van der Waals surface area contributed by atoms with Gasteiger partial charge in [0.15, 0.2) is 0 Å². The van der Waals surface area contributed by atoms with Gasteiger partial charge in [-0.05, 0) is 55.8 Å². The third kappa shape index (κ3) is 5.01. The number of hydrogen-bond acceptors (Lipinski definition) is 5. The lowest BCUT2D eigenvalue weighted by Gasteiger charge is -2.29. The number of aryl methyl sites for hydroxylation is 2. The maximum Gasteiger partial charge on any atom is 0.245 e. The summed E-state index contributed by atoms with van der Waals surface area (Å²) in [6.07, 6.45) is 0. The largest absolute Gasteiger partial charge is 0.378 e. The Morgan fingerprint density at radius 3 is 2.61 bits per heavy atom. The lowest BCUT2D eigenvalue weighted by molar-refractivity contribution is -0.116. The fourth-order valence-corrected chi connectivity index (χ4v) is 5.68. The summed E-state index contributed by atoms with van der Waals surface area (Å²) in [4.78, 5) is 18.0. The van der Waals surface area contributed by atoms with Crippen molar-refractivity contribution in [3.63, 3.8) is 0 Å². The van der Waals surface area contributed by atoms with E-state index in [2.05, 4.69) is 15.2 Å². The molecule has 33 heavy (non-hydrogen) atoms. The molecule has 2 aromatic carbocycles. The van der Waals surface area contributed by atoms with Crippen LogP contribution in [0.1, 0.15) is 11.3 Å². The molecule has 2 heterocycles. The number of morpholine rings is 1. The van der Waals surface area contributed by atoms with E-state index in [1.54, 1.807) is 18.2 Å². The van der Waals surface area contributed by atoms with Crippen LogP contribution in [0.4, 0.5) is 11.4 Å². The Hall–Kier alpha value is -2.59. The summed E-state index contributed by atoms with van der Waals surface area (Å²) in [5.74, 6) is -0.456. The van der Waals surface area contributed by atoms with Crippen molar-refractivity contribution < 1.29 is 17.9 Å². The van der Waals surface area contributed by atoms with E-state index in [4.69, 9.17) is 16.3 Å². The van der Waals surface area contributed by atoms with Crippen LogP contribution in [0, 0.1) is 13.8 Å². The molecule has 1 aromatic heterocycles. The number of rotatable bonds is 6. The number of carbonyl (C=O) groups excluding carboxylic acids is 1. The molecule has 0 bridgehead atoms. The number of hydrogen-bond donors (Lipinski definition) is 2. The number of aromatic nitrogens is 1. The Morgan fingerprint density at radius 2 is 1.91 bits per heavy atom. The molecule has 8 nitrogen and oxygen atoms in total. The summed E-state index contributed by atoms with van der Waals surface area (Å²) in [6.45, 7) is 6.17. The predicted molar refractivity (Wildman–Crippen MR) is 131 cm³/mol. The van der Waals surface area contributed by atoms with Crippen LogP contribution < -0.4 is 10.2 Å². The topological polar surface area (TPSA) is 94.7 Å². The first-order valence-electron chi connectivity index (χ1n) is 10.6. The van der Waals surface area contributed by atoms with Gasteiger partial charge in [-0.1, -0.05) is 11.6 Å². The van der Waals surface area contributed by atoms with E-state index < -0.39 is 15.9 Å². The highest BCUT2D eigenvalue weighted by atomic mass is 35.5. The van der Waals surface area contributed by atoms with Crippen molar-refractivity contribution in [1.29, 1.82) is 0 Å². The summed E-state index contributed by atoms with van der Waals surface area (Å²) in [5.41, 5.74) is 3.61. The highest BCUT2D eigenvalue weighted by Crippen LogP contribution is 2.30. The van der Waals surface area contributed by atoms with Crippen molar-refractivity contribution in [3.05, 3.63) is 52.7 Å². The van der Waals surface area contributed by atoms with Gasteiger partial charge in [0.1, 0.15) is 4.90 Å². The molecule has 0 aliphatic carbocycles. The number of likely N-dealkylation sites (N-methyl/N-ethyl adjacent to an activating group) is 1. The molecule has 1 aliphatic heterocycles. The number of halogens is 1. The molecule has 176 valence electrons. The fourth-order valence-electron chi connectivity index (χ4n) is 4.00. The third-order valence-corrected chi connectivity index (χ3v) is 7.74. The van der Waals surface area contributed by atoms with Crippen molar-refractivity contribution in [3.8, 4) is 0 Å². The van der Waals surface area contributed by atoms with Crippen LogP contribution in [0.2, 0.25) is 5.02 Å². The van der Waals surface area contributed by atoms with Gasteiger partial charge in [-0.2, -0.15) is 4.31 Å². The van der Waals surface area contributed by atoms with Gasteiger partial charge in [-0.3, -0.25) is 4.79 Å². The number of carbonyl (C=O) groups is 1. The summed E-state index contributed by atoms with van der Waals surface area (Å²) in [7, 11) is -2.50. The monoisotopic (exact) mass is 490 g/mol. The number of fused-ring (bicyclic) bond motifs is 1.